The van der Waals surface area contributed by atoms with E-state index >= 15 is 0 Å². The quantitative estimate of drug-likeness (QED) is 0.817. The van der Waals surface area contributed by atoms with Crippen molar-refractivity contribution in [1.29, 1.82) is 0 Å². The van der Waals surface area contributed by atoms with Crippen LogP contribution in [0.15, 0.2) is 22.7 Å². The van der Waals surface area contributed by atoms with Crippen LogP contribution in [0.5, 0.6) is 0 Å². The molecule has 0 aliphatic rings. The lowest BCUT2D eigenvalue weighted by atomic mass is 10.1. The van der Waals surface area contributed by atoms with Crippen LogP contribution < -0.4 is 0 Å². The normalized spacial score (nSPS) is 12.8. The van der Waals surface area contributed by atoms with E-state index in [1.54, 1.807) is 6.07 Å². The summed E-state index contributed by atoms with van der Waals surface area (Å²) in [5.41, 5.74) is 0.781. The van der Waals surface area contributed by atoms with E-state index in [0.29, 0.717) is 26.1 Å². The van der Waals surface area contributed by atoms with Crippen molar-refractivity contribution < 1.29 is 14.2 Å². The zero-order valence-corrected chi connectivity index (χ0v) is 10.8. The molecule has 1 aromatic carbocycles. The summed E-state index contributed by atoms with van der Waals surface area (Å²) in [5.74, 6) is -0.282. The number of halogens is 2. The fraction of sp³-hybridized carbons (Fsp3) is 0.500. The molecule has 0 heterocycles. The molecule has 1 N–H and O–H groups in total. The Hall–Kier alpha value is -0.450. The molecule has 90 valence electrons. The summed E-state index contributed by atoms with van der Waals surface area (Å²) in [4.78, 5) is 0. The molecule has 0 saturated carbocycles. The molecule has 0 bridgehead atoms. The van der Waals surface area contributed by atoms with Crippen LogP contribution in [0.25, 0.3) is 0 Å². The van der Waals surface area contributed by atoms with E-state index in [9.17, 15) is 9.50 Å². The van der Waals surface area contributed by atoms with Crippen LogP contribution in [0.3, 0.4) is 0 Å². The number of hydrogen-bond donors (Lipinski definition) is 1. The van der Waals surface area contributed by atoms with Gasteiger partial charge >= 0.3 is 0 Å². The first kappa shape index (κ1) is 13.6. The minimum Gasteiger partial charge on any atom is -0.393 e. The lowest BCUT2D eigenvalue weighted by Gasteiger charge is -2.11. The SMILES string of the molecule is CCOCCC(O)Cc1cc(F)ccc1Br. The van der Waals surface area contributed by atoms with Gasteiger partial charge in [-0.2, -0.15) is 0 Å². The van der Waals surface area contributed by atoms with E-state index in [0.717, 1.165) is 10.0 Å². The van der Waals surface area contributed by atoms with Crippen molar-refractivity contribution in [2.45, 2.75) is 25.9 Å². The van der Waals surface area contributed by atoms with Crippen molar-refractivity contribution in [3.8, 4) is 0 Å². The molecule has 4 heteroatoms. The van der Waals surface area contributed by atoms with Crippen molar-refractivity contribution >= 4 is 15.9 Å². The zero-order chi connectivity index (χ0) is 12.0. The summed E-state index contributed by atoms with van der Waals surface area (Å²) < 4.78 is 19.0. The molecule has 0 saturated heterocycles. The number of benzene rings is 1. The minimum absolute atomic E-state index is 0.282. The van der Waals surface area contributed by atoms with E-state index in [4.69, 9.17) is 4.74 Å². The Morgan fingerprint density at radius 3 is 2.94 bits per heavy atom. The highest BCUT2D eigenvalue weighted by Gasteiger charge is 2.09. The maximum absolute atomic E-state index is 13.0. The minimum atomic E-state index is -0.496. The number of aliphatic hydroxyl groups is 1. The molecule has 0 aliphatic carbocycles. The van der Waals surface area contributed by atoms with E-state index in [1.807, 2.05) is 6.92 Å². The summed E-state index contributed by atoms with van der Waals surface area (Å²) >= 11 is 3.33. The summed E-state index contributed by atoms with van der Waals surface area (Å²) in [6.07, 6.45) is 0.506. The molecule has 16 heavy (non-hydrogen) atoms. The van der Waals surface area contributed by atoms with Gasteiger partial charge in [0.1, 0.15) is 5.82 Å². The van der Waals surface area contributed by atoms with Crippen molar-refractivity contribution in [1.82, 2.24) is 0 Å². The van der Waals surface area contributed by atoms with Gasteiger partial charge in [0.05, 0.1) is 6.10 Å². The molecule has 0 aliphatic heterocycles. The maximum Gasteiger partial charge on any atom is 0.123 e. The predicted octanol–water partition coefficient (Wildman–Crippen LogP) is 2.92. The second kappa shape index (κ2) is 6.99. The number of hydrogen-bond acceptors (Lipinski definition) is 2. The molecular weight excluding hydrogens is 275 g/mol. The van der Waals surface area contributed by atoms with Gasteiger partial charge in [-0.1, -0.05) is 15.9 Å². The van der Waals surface area contributed by atoms with Crippen molar-refractivity contribution in [2.24, 2.45) is 0 Å². The first-order chi connectivity index (χ1) is 7.63. The topological polar surface area (TPSA) is 29.5 Å². The van der Waals surface area contributed by atoms with E-state index in [2.05, 4.69) is 15.9 Å². The summed E-state index contributed by atoms with van der Waals surface area (Å²) in [7, 11) is 0. The Morgan fingerprint density at radius 1 is 1.50 bits per heavy atom. The first-order valence-corrected chi connectivity index (χ1v) is 6.12. The Labute approximate surface area is 104 Å². The van der Waals surface area contributed by atoms with Crippen LogP contribution in [0.4, 0.5) is 4.39 Å². The fourth-order valence-corrected chi connectivity index (χ4v) is 1.83. The summed E-state index contributed by atoms with van der Waals surface area (Å²) in [6.45, 7) is 3.09. The molecule has 0 fully saturated rings. The van der Waals surface area contributed by atoms with Gasteiger partial charge in [-0.25, -0.2) is 4.39 Å². The Morgan fingerprint density at radius 2 is 2.25 bits per heavy atom. The van der Waals surface area contributed by atoms with Gasteiger partial charge in [-0.05, 0) is 43.5 Å². The molecule has 1 unspecified atom stereocenters. The molecule has 2 nitrogen and oxygen atoms in total. The monoisotopic (exact) mass is 290 g/mol. The van der Waals surface area contributed by atoms with Crippen molar-refractivity contribution in [2.75, 3.05) is 13.2 Å². The highest BCUT2D eigenvalue weighted by atomic mass is 79.9. The number of aliphatic hydroxyl groups excluding tert-OH is 1. The first-order valence-electron chi connectivity index (χ1n) is 5.33. The van der Waals surface area contributed by atoms with Crippen LogP contribution in [-0.2, 0) is 11.2 Å². The molecule has 0 spiro atoms. The van der Waals surface area contributed by atoms with Crippen LogP contribution in [0.1, 0.15) is 18.9 Å². The Bertz CT molecular complexity index is 331. The molecule has 0 aromatic heterocycles. The smallest absolute Gasteiger partial charge is 0.123 e. The Balaban J connectivity index is 2.48. The summed E-state index contributed by atoms with van der Waals surface area (Å²) in [5, 5.41) is 9.72. The third-order valence-corrected chi connectivity index (χ3v) is 3.04. The van der Waals surface area contributed by atoms with Crippen LogP contribution in [0, 0.1) is 5.82 Å². The third kappa shape index (κ3) is 4.60. The van der Waals surface area contributed by atoms with Gasteiger partial charge < -0.3 is 9.84 Å². The average Bonchev–Trinajstić information content (AvgIpc) is 2.24. The highest BCUT2D eigenvalue weighted by molar-refractivity contribution is 9.10. The molecule has 1 atom stereocenters. The second-order valence-corrected chi connectivity index (χ2v) is 4.43. The van der Waals surface area contributed by atoms with Gasteiger partial charge in [-0.15, -0.1) is 0 Å². The van der Waals surface area contributed by atoms with Gasteiger partial charge in [0.15, 0.2) is 0 Å². The molecule has 1 rings (SSSR count). The lowest BCUT2D eigenvalue weighted by Crippen LogP contribution is -2.14. The van der Waals surface area contributed by atoms with Crippen molar-refractivity contribution in [3.63, 3.8) is 0 Å². The predicted molar refractivity (Wildman–Crippen MR) is 64.9 cm³/mol. The standard InChI is InChI=1S/C12H16BrFO2/c1-2-16-6-5-11(15)8-9-7-10(14)3-4-12(9)13/h3-4,7,11,15H,2,5-6,8H2,1H3. The largest absolute Gasteiger partial charge is 0.393 e. The lowest BCUT2D eigenvalue weighted by molar-refractivity contribution is 0.0886. The highest BCUT2D eigenvalue weighted by Crippen LogP contribution is 2.20. The van der Waals surface area contributed by atoms with E-state index < -0.39 is 6.10 Å². The fourth-order valence-electron chi connectivity index (χ4n) is 1.42. The van der Waals surface area contributed by atoms with E-state index in [1.165, 1.54) is 12.1 Å². The van der Waals surface area contributed by atoms with Gasteiger partial charge in [-0.3, -0.25) is 0 Å². The van der Waals surface area contributed by atoms with Crippen LogP contribution in [0.2, 0.25) is 0 Å². The van der Waals surface area contributed by atoms with Crippen LogP contribution >= 0.6 is 15.9 Å². The van der Waals surface area contributed by atoms with Crippen LogP contribution in [-0.4, -0.2) is 24.4 Å². The molecule has 0 radical (unpaired) electrons. The Kier molecular flexibility index (Phi) is 5.95. The maximum atomic E-state index is 13.0. The summed E-state index contributed by atoms with van der Waals surface area (Å²) in [6, 6.07) is 4.48. The number of rotatable bonds is 6. The number of ether oxygens (including phenoxy) is 1. The molecular formula is C12H16BrFO2. The average molecular weight is 291 g/mol. The molecule has 1 aromatic rings. The van der Waals surface area contributed by atoms with Gasteiger partial charge in [0.2, 0.25) is 0 Å². The molecule has 0 amide bonds. The van der Waals surface area contributed by atoms with Crippen molar-refractivity contribution in [3.05, 3.63) is 34.1 Å². The zero-order valence-electron chi connectivity index (χ0n) is 9.25. The second-order valence-electron chi connectivity index (χ2n) is 3.58. The van der Waals surface area contributed by atoms with E-state index in [-0.39, 0.29) is 5.82 Å². The third-order valence-electron chi connectivity index (χ3n) is 2.26. The van der Waals surface area contributed by atoms with Gasteiger partial charge in [0.25, 0.3) is 0 Å². The van der Waals surface area contributed by atoms with Gasteiger partial charge in [0, 0.05) is 17.7 Å².